The minimum absolute atomic E-state index is 0.0519. The second-order valence-corrected chi connectivity index (χ2v) is 6.29. The molecule has 1 heterocycles. The fraction of sp³-hybridized carbons (Fsp3) is 0.875. The highest BCUT2D eigenvalue weighted by Crippen LogP contribution is 2.16. The molecule has 6 heteroatoms. The van der Waals surface area contributed by atoms with Crippen molar-refractivity contribution in [2.24, 2.45) is 0 Å². The van der Waals surface area contributed by atoms with E-state index in [4.69, 9.17) is 11.6 Å². The third kappa shape index (κ3) is 3.55. The lowest BCUT2D eigenvalue weighted by Crippen LogP contribution is -2.33. The Labute approximate surface area is 89.1 Å². The van der Waals surface area contributed by atoms with Crippen LogP contribution in [0.5, 0.6) is 0 Å². The predicted molar refractivity (Wildman–Crippen MR) is 55.2 cm³/mol. The molecule has 1 fully saturated rings. The molecule has 0 aromatic heterocycles. The Morgan fingerprint density at radius 3 is 2.64 bits per heavy atom. The van der Waals surface area contributed by atoms with Crippen LogP contribution in [0.3, 0.4) is 0 Å². The van der Waals surface area contributed by atoms with Crippen LogP contribution < -0.4 is 0 Å². The van der Waals surface area contributed by atoms with Crippen molar-refractivity contribution in [3.8, 4) is 0 Å². The largest absolute Gasteiger partial charge is 0.302 e. The van der Waals surface area contributed by atoms with Crippen LogP contribution >= 0.6 is 11.6 Å². The van der Waals surface area contributed by atoms with Crippen molar-refractivity contribution in [2.75, 3.05) is 25.1 Å². The summed E-state index contributed by atoms with van der Waals surface area (Å²) in [5.41, 5.74) is 0. The molecule has 4 nitrogen and oxygen atoms in total. The molecule has 1 rings (SSSR count). The van der Waals surface area contributed by atoms with Gasteiger partial charge in [0.2, 0.25) is 5.24 Å². The zero-order chi connectivity index (χ0) is 10.8. The first-order valence-electron chi connectivity index (χ1n) is 4.50. The molecule has 0 aliphatic carbocycles. The monoisotopic (exact) mass is 239 g/mol. The van der Waals surface area contributed by atoms with Crippen molar-refractivity contribution in [1.82, 2.24) is 4.90 Å². The summed E-state index contributed by atoms with van der Waals surface area (Å²) in [4.78, 5) is 12.4. The number of sulfone groups is 1. The number of hydrogen-bond donors (Lipinski definition) is 0. The van der Waals surface area contributed by atoms with Crippen LogP contribution in [0.4, 0.5) is 0 Å². The fourth-order valence-electron chi connectivity index (χ4n) is 1.57. The summed E-state index contributed by atoms with van der Waals surface area (Å²) in [6.45, 7) is 0.530. The highest BCUT2D eigenvalue weighted by molar-refractivity contribution is 7.91. The van der Waals surface area contributed by atoms with E-state index in [9.17, 15) is 13.2 Å². The molecule has 0 spiro atoms. The van der Waals surface area contributed by atoms with Gasteiger partial charge < -0.3 is 4.90 Å². The molecule has 1 atom stereocenters. The molecule has 1 saturated heterocycles. The van der Waals surface area contributed by atoms with E-state index in [0.717, 1.165) is 0 Å². The lowest BCUT2D eigenvalue weighted by Gasteiger charge is -2.21. The van der Waals surface area contributed by atoms with Gasteiger partial charge in [-0.05, 0) is 25.1 Å². The summed E-state index contributed by atoms with van der Waals surface area (Å²) < 4.78 is 22.3. The van der Waals surface area contributed by atoms with Gasteiger partial charge >= 0.3 is 0 Å². The predicted octanol–water partition coefficient (Wildman–Crippen LogP) is 0.261. The second kappa shape index (κ2) is 4.59. The number of carbonyl (C=O) groups is 1. The maximum Gasteiger partial charge on any atom is 0.222 e. The van der Waals surface area contributed by atoms with Crippen LogP contribution in [-0.2, 0) is 14.6 Å². The summed E-state index contributed by atoms with van der Waals surface area (Å²) in [6, 6.07) is 0.0519. The van der Waals surface area contributed by atoms with Gasteiger partial charge in [0.1, 0.15) is 0 Å². The summed E-state index contributed by atoms with van der Waals surface area (Å²) in [6.07, 6.45) is 0.934. The molecule has 0 aromatic rings. The third-order valence-electron chi connectivity index (χ3n) is 2.49. The Balaban J connectivity index is 2.39. The second-order valence-electron chi connectivity index (χ2n) is 3.64. The number of halogens is 1. The van der Waals surface area contributed by atoms with Crippen LogP contribution in [0.15, 0.2) is 0 Å². The zero-order valence-electron chi connectivity index (χ0n) is 8.07. The molecule has 1 aliphatic heterocycles. The maximum absolute atomic E-state index is 11.2. The zero-order valence-corrected chi connectivity index (χ0v) is 9.64. The Bertz CT molecular complexity index is 315. The van der Waals surface area contributed by atoms with Gasteiger partial charge in [-0.3, -0.25) is 4.79 Å². The van der Waals surface area contributed by atoms with E-state index in [1.807, 2.05) is 11.9 Å². The van der Waals surface area contributed by atoms with Crippen LogP contribution in [0.2, 0.25) is 0 Å². The van der Waals surface area contributed by atoms with E-state index >= 15 is 0 Å². The van der Waals surface area contributed by atoms with Crippen LogP contribution in [-0.4, -0.2) is 49.7 Å². The SMILES string of the molecule is CN(CCC(=O)Cl)C1CCS(=O)(=O)C1. The van der Waals surface area contributed by atoms with E-state index < -0.39 is 9.84 Å². The lowest BCUT2D eigenvalue weighted by molar-refractivity contribution is -0.112. The third-order valence-corrected chi connectivity index (χ3v) is 4.43. The Kier molecular flexibility index (Phi) is 3.92. The number of carbonyl (C=O) groups excluding carboxylic acids is 1. The lowest BCUT2D eigenvalue weighted by atomic mass is 10.2. The number of rotatable bonds is 4. The molecule has 14 heavy (non-hydrogen) atoms. The van der Waals surface area contributed by atoms with Crippen LogP contribution in [0.25, 0.3) is 0 Å². The first-order chi connectivity index (χ1) is 6.41. The molecule has 1 unspecified atom stereocenters. The van der Waals surface area contributed by atoms with Gasteiger partial charge in [0.05, 0.1) is 11.5 Å². The van der Waals surface area contributed by atoms with Gasteiger partial charge in [0.15, 0.2) is 9.84 Å². The quantitative estimate of drug-likeness (QED) is 0.661. The highest BCUT2D eigenvalue weighted by atomic mass is 35.5. The van der Waals surface area contributed by atoms with Gasteiger partial charge in [-0.1, -0.05) is 0 Å². The van der Waals surface area contributed by atoms with Crippen molar-refractivity contribution in [3.05, 3.63) is 0 Å². The summed E-state index contributed by atoms with van der Waals surface area (Å²) in [7, 11) is -1.01. The van der Waals surface area contributed by atoms with Crippen molar-refractivity contribution < 1.29 is 13.2 Å². The van der Waals surface area contributed by atoms with Gasteiger partial charge in [0, 0.05) is 19.0 Å². The minimum atomic E-state index is -2.84. The maximum atomic E-state index is 11.2. The summed E-state index contributed by atoms with van der Waals surface area (Å²) in [5, 5.41) is -0.377. The van der Waals surface area contributed by atoms with Crippen molar-refractivity contribution >= 4 is 26.7 Å². The number of hydrogen-bond acceptors (Lipinski definition) is 4. The molecule has 0 radical (unpaired) electrons. The van der Waals surface area contributed by atoms with Crippen molar-refractivity contribution in [2.45, 2.75) is 18.9 Å². The van der Waals surface area contributed by atoms with Gasteiger partial charge in [-0.2, -0.15) is 0 Å². The normalized spacial score (nSPS) is 25.5. The van der Waals surface area contributed by atoms with Gasteiger partial charge in [0.25, 0.3) is 0 Å². The Hall–Kier alpha value is -0.130. The standard InChI is InChI=1S/C8H14ClNO3S/c1-10(4-2-8(9)11)7-3-5-14(12,13)6-7/h7H,2-6H2,1H3. The summed E-state index contributed by atoms with van der Waals surface area (Å²) in [5.74, 6) is 0.469. The smallest absolute Gasteiger partial charge is 0.222 e. The Morgan fingerprint density at radius 1 is 1.57 bits per heavy atom. The topological polar surface area (TPSA) is 54.5 Å². The molecule has 0 aromatic carbocycles. The molecule has 82 valence electrons. The van der Waals surface area contributed by atoms with Crippen LogP contribution in [0, 0.1) is 0 Å². The van der Waals surface area contributed by atoms with Crippen molar-refractivity contribution in [3.63, 3.8) is 0 Å². The first kappa shape index (κ1) is 11.9. The molecular formula is C8H14ClNO3S. The van der Waals surface area contributed by atoms with Gasteiger partial charge in [-0.25, -0.2) is 8.42 Å². The molecule has 0 bridgehead atoms. The molecule has 0 amide bonds. The van der Waals surface area contributed by atoms with E-state index in [1.54, 1.807) is 0 Å². The van der Waals surface area contributed by atoms with E-state index in [1.165, 1.54) is 0 Å². The summed E-state index contributed by atoms with van der Waals surface area (Å²) >= 11 is 5.20. The average Bonchev–Trinajstić information content (AvgIpc) is 2.41. The fourth-order valence-corrected chi connectivity index (χ4v) is 3.46. The van der Waals surface area contributed by atoms with Crippen LogP contribution in [0.1, 0.15) is 12.8 Å². The van der Waals surface area contributed by atoms with E-state index in [2.05, 4.69) is 0 Å². The molecule has 0 N–H and O–H groups in total. The number of nitrogens with zero attached hydrogens (tertiary/aromatic N) is 1. The van der Waals surface area contributed by atoms with Crippen molar-refractivity contribution in [1.29, 1.82) is 0 Å². The molecule has 0 saturated carbocycles. The molecule has 1 aliphatic rings. The molecular weight excluding hydrogens is 226 g/mol. The minimum Gasteiger partial charge on any atom is -0.302 e. The van der Waals surface area contributed by atoms with E-state index in [-0.39, 0.29) is 29.2 Å². The Morgan fingerprint density at radius 2 is 2.21 bits per heavy atom. The average molecular weight is 240 g/mol. The van der Waals surface area contributed by atoms with E-state index in [0.29, 0.717) is 13.0 Å². The highest BCUT2D eigenvalue weighted by Gasteiger charge is 2.30. The first-order valence-corrected chi connectivity index (χ1v) is 6.69. The van der Waals surface area contributed by atoms with Gasteiger partial charge in [-0.15, -0.1) is 0 Å².